The number of halogens is 3. The molecule has 1 aromatic carbocycles. The van der Waals surface area contributed by atoms with E-state index in [4.69, 9.17) is 41.4 Å². The fourth-order valence-corrected chi connectivity index (χ4v) is 5.61. The molecule has 0 unspecified atom stereocenters. The van der Waals surface area contributed by atoms with E-state index in [2.05, 4.69) is 20.3 Å². The van der Waals surface area contributed by atoms with Crippen molar-refractivity contribution in [2.45, 2.75) is 44.9 Å². The Labute approximate surface area is 246 Å². The first-order valence-corrected chi connectivity index (χ1v) is 13.0. The maximum absolute atomic E-state index is 14.4. The number of rotatable bonds is 4. The average molecular weight is 562 g/mol. The van der Waals surface area contributed by atoms with Crippen LogP contribution in [0, 0.1) is 6.92 Å². The first-order chi connectivity index (χ1) is 27.3. The Hall–Kier alpha value is -3.44. The van der Waals surface area contributed by atoms with Crippen molar-refractivity contribution < 1.29 is 44.6 Å². The van der Waals surface area contributed by atoms with E-state index >= 15 is 0 Å². The van der Waals surface area contributed by atoms with Crippen LogP contribution in [0.3, 0.4) is 0 Å². The molecule has 0 saturated carbocycles. The van der Waals surface area contributed by atoms with Crippen molar-refractivity contribution in [1.82, 2.24) is 30.0 Å². The van der Waals surface area contributed by atoms with Gasteiger partial charge in [0.25, 0.3) is 0 Å². The molecule has 2 fully saturated rings. The van der Waals surface area contributed by atoms with E-state index in [1.807, 2.05) is 37.4 Å². The van der Waals surface area contributed by atoms with Gasteiger partial charge in [-0.25, -0.2) is 9.97 Å². The summed E-state index contributed by atoms with van der Waals surface area (Å²) in [6, 6.07) is 9.26. The minimum absolute atomic E-state index is 0.0167. The minimum atomic E-state index is -4.63. The van der Waals surface area contributed by atoms with Crippen molar-refractivity contribution in [2.75, 3.05) is 37.7 Å². The summed E-state index contributed by atoms with van der Waals surface area (Å²) in [6.07, 6.45) is -1.35. The number of H-pyrrole nitrogens is 1. The molecule has 0 aliphatic carbocycles. The van der Waals surface area contributed by atoms with Gasteiger partial charge in [0.05, 0.1) is 36.6 Å². The number of ether oxygens (including phenoxy) is 1. The van der Waals surface area contributed by atoms with Crippen molar-refractivity contribution in [2.24, 2.45) is 0 Å². The van der Waals surface area contributed by atoms with Crippen LogP contribution in [0.25, 0.3) is 33.5 Å². The van der Waals surface area contributed by atoms with Crippen LogP contribution < -0.4 is 10.2 Å². The maximum atomic E-state index is 14.4. The molecule has 0 bridgehead atoms. The van der Waals surface area contributed by atoms with Gasteiger partial charge in [0.2, 0.25) is 0 Å². The summed E-state index contributed by atoms with van der Waals surface area (Å²) in [7, 11) is 0. The monoisotopic (exact) mass is 562 g/mol. The second-order valence-electron chi connectivity index (χ2n) is 10.0. The molecule has 2 aliphatic rings. The Kier molecular flexibility index (Phi) is 4.21. The molecule has 38 heavy (non-hydrogen) atoms. The third-order valence-electron chi connectivity index (χ3n) is 7.54. The van der Waals surface area contributed by atoms with Crippen molar-refractivity contribution in [1.29, 1.82) is 0 Å². The quantitative estimate of drug-likeness (QED) is 0.275. The van der Waals surface area contributed by atoms with Crippen molar-refractivity contribution >= 4 is 16.7 Å². The molecule has 11 heteroatoms. The molecule has 3 aromatic heterocycles. The highest BCUT2D eigenvalue weighted by Gasteiger charge is 2.40. The summed E-state index contributed by atoms with van der Waals surface area (Å²) in [5.74, 6) is 0.957. The second-order valence-corrected chi connectivity index (χ2v) is 10.0. The van der Waals surface area contributed by atoms with Gasteiger partial charge in [0, 0.05) is 67.7 Å². The summed E-state index contributed by atoms with van der Waals surface area (Å²) < 4.78 is 140. The van der Waals surface area contributed by atoms with Gasteiger partial charge in [0.1, 0.15) is 5.82 Å². The highest BCUT2D eigenvalue weighted by molar-refractivity contribution is 5.93. The molecule has 2 N–H and O–H groups in total. The number of benzene rings is 1. The molecule has 2 aliphatic heterocycles. The normalized spacial score (nSPS) is 21.3. The van der Waals surface area contributed by atoms with E-state index in [0.717, 1.165) is 42.4 Å². The van der Waals surface area contributed by atoms with Crippen LogP contribution in [-0.2, 0) is 10.9 Å². The predicted octanol–water partition coefficient (Wildman–Crippen LogP) is 7.18. The van der Waals surface area contributed by atoms with Gasteiger partial charge in [-0.2, -0.15) is 18.3 Å². The predicted molar refractivity (Wildman–Crippen MR) is 158 cm³/mol. The van der Waals surface area contributed by atoms with E-state index in [-0.39, 0.29) is 23.3 Å². The average Bonchev–Trinajstić information content (AvgIpc) is 3.92. The zero-order chi connectivity index (χ0) is 44.4. The Bertz CT molecular complexity index is 1510. The standard InChI is InChI=1S/C27H30F3N7O.9H2/c1-16-15-38-13-12-36(16)23-14-22(33-26(34-23)20-4-3-5-21-19(20)8-11-32-21)24-17(2)37(18-6-9-31-10-7-18)35-25(24)27(28,29)30;;;;;;;;;/h3-5,8,11,14,16,18,31-32H,6-7,9-10,12-13,15H2,1-2H3;9*1H/t16-;;;;;;;;;/m1........./s1/i;9*1+1D. The Balaban J connectivity index is -0.000000664. The number of alkyl halides is 3. The number of anilines is 1. The molecule has 0 amide bonds. The maximum Gasteiger partial charge on any atom is 0.435 e. The lowest BCUT2D eigenvalue weighted by Gasteiger charge is -2.34. The molecule has 2 saturated heterocycles. The van der Waals surface area contributed by atoms with Gasteiger partial charge < -0.3 is 19.9 Å². The van der Waals surface area contributed by atoms with Gasteiger partial charge in [-0.1, -0.05) is 12.1 Å². The van der Waals surface area contributed by atoms with Crippen LogP contribution in [0.5, 0.6) is 0 Å². The Morgan fingerprint density at radius 2 is 1.97 bits per heavy atom. The van der Waals surface area contributed by atoms with E-state index in [1.54, 1.807) is 17.7 Å². The van der Waals surface area contributed by atoms with Crippen molar-refractivity contribution in [3.8, 4) is 22.6 Å². The second kappa shape index (κ2) is 9.70. The summed E-state index contributed by atoms with van der Waals surface area (Å²) in [4.78, 5) is 14.9. The largest absolute Gasteiger partial charge is 0.435 e. The number of hydrogen-bond acceptors (Lipinski definition) is 6. The number of aromatic nitrogens is 5. The molecule has 218 valence electrons. The zero-order valence-electron chi connectivity index (χ0n) is 39.3. The van der Waals surface area contributed by atoms with Crippen LogP contribution in [0.2, 0.25) is 0 Å². The van der Waals surface area contributed by atoms with Gasteiger partial charge in [0.15, 0.2) is 11.5 Å². The highest BCUT2D eigenvalue weighted by Crippen LogP contribution is 2.41. The number of nitrogens with zero attached hydrogens (tertiary/aromatic N) is 5. The lowest BCUT2D eigenvalue weighted by Crippen LogP contribution is -2.44. The summed E-state index contributed by atoms with van der Waals surface area (Å²) in [5.41, 5.74) is 1.46. The van der Waals surface area contributed by atoms with Gasteiger partial charge in [-0.05, 0) is 51.9 Å². The van der Waals surface area contributed by atoms with Crippen LogP contribution in [0.4, 0.5) is 19.0 Å². The van der Waals surface area contributed by atoms with Gasteiger partial charge in [-0.15, -0.1) is 0 Å². The van der Waals surface area contributed by atoms with Crippen molar-refractivity contribution in [3.63, 3.8) is 0 Å². The molecule has 1 atom stereocenters. The molecule has 4 aromatic rings. The molecule has 5 heterocycles. The minimum Gasteiger partial charge on any atom is -0.377 e. The topological polar surface area (TPSA) is 83.9 Å². The third kappa shape index (κ3) is 4.43. The van der Waals surface area contributed by atoms with Crippen LogP contribution in [0.1, 0.15) is 63.9 Å². The summed E-state index contributed by atoms with van der Waals surface area (Å²) in [5, 5.41) is 8.32. The van der Waals surface area contributed by atoms with Gasteiger partial charge in [-0.3, -0.25) is 4.68 Å². The first-order valence-electron chi connectivity index (χ1n) is 22.0. The summed E-state index contributed by atoms with van der Waals surface area (Å²) in [6.45, 7) is 6.86. The Morgan fingerprint density at radius 3 is 2.74 bits per heavy atom. The highest BCUT2D eigenvalue weighted by atomic mass is 19.4. The van der Waals surface area contributed by atoms with Crippen LogP contribution in [-0.4, -0.2) is 63.6 Å². The van der Waals surface area contributed by atoms with Crippen LogP contribution >= 0.6 is 0 Å². The molecular formula is C27H48F3N7O. The first kappa shape index (κ1) is 16.5. The molecule has 8 nitrogen and oxygen atoms in total. The molecule has 6 rings (SSSR count). The lowest BCUT2D eigenvalue weighted by molar-refractivity contribution is -0.141. The number of nitrogens with one attached hydrogen (secondary N) is 2. The van der Waals surface area contributed by atoms with E-state index in [1.165, 1.54) is 0 Å². The number of aromatic amines is 1. The molecular weight excluding hydrogens is 495 g/mol. The van der Waals surface area contributed by atoms with E-state index < -0.39 is 11.9 Å². The third-order valence-corrected chi connectivity index (χ3v) is 7.54. The fourth-order valence-electron chi connectivity index (χ4n) is 5.61. The smallest absolute Gasteiger partial charge is 0.377 e. The zero-order valence-corrected chi connectivity index (χ0v) is 21.3. The van der Waals surface area contributed by atoms with Crippen molar-refractivity contribution in [3.05, 3.63) is 47.9 Å². The van der Waals surface area contributed by atoms with Gasteiger partial charge >= 0.3 is 6.18 Å². The molecule has 0 radical (unpaired) electrons. The SMILES string of the molecule is Cc1c(-c2cc(N3CCOC[C@H]3C)nc(-c3cccc4[nH]ccc34)n2)c(C(F)(F)F)nn1C1CCNCC1.[2H][2H].[2H][2H].[2H][2H].[2H][2H].[2H][2H].[2H][2H].[2H][2H].[2H][2H].[2H][2H]. The Morgan fingerprint density at radius 1 is 1.16 bits per heavy atom. The van der Waals surface area contributed by atoms with E-state index in [9.17, 15) is 13.2 Å². The summed E-state index contributed by atoms with van der Waals surface area (Å²) >= 11 is 0. The van der Waals surface area contributed by atoms with E-state index in [0.29, 0.717) is 37.1 Å². The number of morpholine rings is 1. The number of hydrogen-bond donors (Lipinski definition) is 2. The number of piperidine rings is 1. The fraction of sp³-hybridized carbons (Fsp3) is 0.444. The lowest BCUT2D eigenvalue weighted by atomic mass is 10.0. The molecule has 0 spiro atoms. The van der Waals surface area contributed by atoms with Crippen LogP contribution in [0.15, 0.2) is 36.5 Å². The number of fused-ring (bicyclic) bond motifs is 1.